The van der Waals surface area contributed by atoms with E-state index in [1.807, 2.05) is 6.07 Å². The van der Waals surface area contributed by atoms with Gasteiger partial charge in [-0.2, -0.15) is 23.5 Å². The first kappa shape index (κ1) is 15.7. The van der Waals surface area contributed by atoms with Crippen LogP contribution in [0.25, 0.3) is 0 Å². The molecule has 0 spiro atoms. The monoisotopic (exact) mass is 332 g/mol. The van der Waals surface area contributed by atoms with E-state index in [1.165, 1.54) is 18.0 Å². The number of nitriles is 1. The minimum absolute atomic E-state index is 0.0343. The van der Waals surface area contributed by atoms with Gasteiger partial charge in [0.2, 0.25) is 0 Å². The number of nitrogens with zero attached hydrogens (tertiary/aromatic N) is 4. The van der Waals surface area contributed by atoms with Gasteiger partial charge >= 0.3 is 6.18 Å². The summed E-state index contributed by atoms with van der Waals surface area (Å²) in [5.74, 6) is 0.518. The number of pyridine rings is 1. The molecule has 110 valence electrons. The summed E-state index contributed by atoms with van der Waals surface area (Å²) in [7, 11) is 0. The van der Waals surface area contributed by atoms with Crippen LogP contribution in [-0.4, -0.2) is 20.5 Å². The zero-order valence-electron chi connectivity index (χ0n) is 10.4. The zero-order chi connectivity index (χ0) is 15.5. The average molecular weight is 333 g/mol. The van der Waals surface area contributed by atoms with Gasteiger partial charge in [-0.25, -0.2) is 4.98 Å². The number of aryl methyl sites for hydroxylation is 1. The van der Waals surface area contributed by atoms with Crippen molar-refractivity contribution in [2.45, 2.75) is 17.7 Å². The predicted octanol–water partition coefficient (Wildman–Crippen LogP) is 3.61. The molecule has 4 nitrogen and oxygen atoms in total. The molecule has 0 atom stereocenters. The minimum atomic E-state index is -4.46. The van der Waals surface area contributed by atoms with Crippen LogP contribution in [0.4, 0.5) is 13.2 Å². The number of hydrogen-bond acceptors (Lipinski definition) is 4. The van der Waals surface area contributed by atoms with E-state index in [4.69, 9.17) is 16.9 Å². The van der Waals surface area contributed by atoms with Crippen LogP contribution in [0.3, 0.4) is 0 Å². The number of thioether (sulfide) groups is 1. The van der Waals surface area contributed by atoms with Gasteiger partial charge in [0.15, 0.2) is 0 Å². The van der Waals surface area contributed by atoms with Crippen LogP contribution in [0.2, 0.25) is 5.02 Å². The fourth-order valence-electron chi connectivity index (χ4n) is 1.47. The lowest BCUT2D eigenvalue weighted by Crippen LogP contribution is -2.06. The van der Waals surface area contributed by atoms with Crippen LogP contribution in [0.15, 0.2) is 29.7 Å². The van der Waals surface area contributed by atoms with E-state index in [1.54, 1.807) is 10.9 Å². The van der Waals surface area contributed by atoms with Crippen molar-refractivity contribution in [1.82, 2.24) is 14.8 Å². The molecule has 0 saturated carbocycles. The summed E-state index contributed by atoms with van der Waals surface area (Å²) in [5, 5.41) is 12.9. The Labute approximate surface area is 127 Å². The topological polar surface area (TPSA) is 54.5 Å². The first-order valence-corrected chi connectivity index (χ1v) is 7.04. The highest BCUT2D eigenvalue weighted by Crippen LogP contribution is 2.33. The minimum Gasteiger partial charge on any atom is -0.271 e. The Kier molecular flexibility index (Phi) is 4.75. The molecule has 0 aromatic carbocycles. The van der Waals surface area contributed by atoms with Crippen LogP contribution >= 0.6 is 23.4 Å². The van der Waals surface area contributed by atoms with Gasteiger partial charge in [-0.15, -0.1) is 11.8 Å². The van der Waals surface area contributed by atoms with Crippen LogP contribution in [0, 0.1) is 11.3 Å². The van der Waals surface area contributed by atoms with E-state index in [0.29, 0.717) is 22.9 Å². The lowest BCUT2D eigenvalue weighted by molar-refractivity contribution is -0.137. The van der Waals surface area contributed by atoms with Crippen molar-refractivity contribution in [3.8, 4) is 6.07 Å². The van der Waals surface area contributed by atoms with E-state index in [9.17, 15) is 13.2 Å². The summed E-state index contributed by atoms with van der Waals surface area (Å²) in [4.78, 5) is 3.73. The van der Waals surface area contributed by atoms with E-state index in [0.717, 1.165) is 12.3 Å². The molecular weight excluding hydrogens is 325 g/mol. The van der Waals surface area contributed by atoms with Crippen molar-refractivity contribution >= 4 is 23.4 Å². The van der Waals surface area contributed by atoms with Gasteiger partial charge in [-0.3, -0.25) is 4.68 Å². The molecule has 0 unspecified atom stereocenters. The van der Waals surface area contributed by atoms with E-state index in [-0.39, 0.29) is 5.02 Å². The van der Waals surface area contributed by atoms with Gasteiger partial charge < -0.3 is 0 Å². The van der Waals surface area contributed by atoms with Gasteiger partial charge in [0.1, 0.15) is 11.1 Å². The SMILES string of the molecule is N#Cc1cnn(CCSc2ncc(C(F)(F)F)cc2Cl)c1. The highest BCUT2D eigenvalue weighted by Gasteiger charge is 2.31. The molecule has 0 N–H and O–H groups in total. The maximum Gasteiger partial charge on any atom is 0.417 e. The Bertz CT molecular complexity index is 678. The van der Waals surface area contributed by atoms with Crippen molar-refractivity contribution < 1.29 is 13.2 Å². The third kappa shape index (κ3) is 4.12. The highest BCUT2D eigenvalue weighted by atomic mass is 35.5. The molecule has 21 heavy (non-hydrogen) atoms. The molecular formula is C12H8ClF3N4S. The second kappa shape index (κ2) is 6.37. The molecule has 0 aliphatic rings. The summed E-state index contributed by atoms with van der Waals surface area (Å²) in [6.07, 6.45) is -0.672. The predicted molar refractivity (Wildman–Crippen MR) is 71.9 cm³/mol. The van der Waals surface area contributed by atoms with Gasteiger partial charge in [0, 0.05) is 18.1 Å². The van der Waals surface area contributed by atoms with Crippen molar-refractivity contribution in [2.75, 3.05) is 5.75 Å². The molecule has 0 saturated heterocycles. The molecule has 0 radical (unpaired) electrons. The second-order valence-corrected chi connectivity index (χ2v) is 5.45. The molecule has 0 fully saturated rings. The molecule has 2 aromatic heterocycles. The third-order valence-corrected chi connectivity index (χ3v) is 3.84. The number of rotatable bonds is 4. The summed E-state index contributed by atoms with van der Waals surface area (Å²) >= 11 is 7.02. The average Bonchev–Trinajstić information content (AvgIpc) is 2.87. The largest absolute Gasteiger partial charge is 0.417 e. The summed E-state index contributed by atoms with van der Waals surface area (Å²) in [6.45, 7) is 0.491. The van der Waals surface area contributed by atoms with E-state index >= 15 is 0 Å². The lowest BCUT2D eigenvalue weighted by atomic mass is 10.3. The van der Waals surface area contributed by atoms with Gasteiger partial charge in [-0.1, -0.05) is 11.6 Å². The summed E-state index contributed by atoms with van der Waals surface area (Å²) < 4.78 is 39.0. The quantitative estimate of drug-likeness (QED) is 0.802. The summed E-state index contributed by atoms with van der Waals surface area (Å²) in [6, 6.07) is 2.81. The Morgan fingerprint density at radius 3 is 2.71 bits per heavy atom. The Hall–Kier alpha value is -1.72. The van der Waals surface area contributed by atoms with Gasteiger partial charge in [-0.05, 0) is 6.07 Å². The molecule has 2 heterocycles. The van der Waals surface area contributed by atoms with Crippen molar-refractivity contribution in [3.63, 3.8) is 0 Å². The molecule has 2 aromatic rings. The van der Waals surface area contributed by atoms with Crippen LogP contribution < -0.4 is 0 Å². The molecule has 2 rings (SSSR count). The molecule has 0 aliphatic carbocycles. The van der Waals surface area contributed by atoms with E-state index < -0.39 is 11.7 Å². The first-order chi connectivity index (χ1) is 9.90. The number of alkyl halides is 3. The maximum absolute atomic E-state index is 12.5. The first-order valence-electron chi connectivity index (χ1n) is 5.68. The molecule has 0 amide bonds. The van der Waals surface area contributed by atoms with Crippen molar-refractivity contribution in [2.24, 2.45) is 0 Å². The third-order valence-electron chi connectivity index (χ3n) is 2.46. The Morgan fingerprint density at radius 2 is 2.14 bits per heavy atom. The maximum atomic E-state index is 12.5. The highest BCUT2D eigenvalue weighted by molar-refractivity contribution is 7.99. The zero-order valence-corrected chi connectivity index (χ0v) is 12.0. The van der Waals surface area contributed by atoms with Crippen LogP contribution in [0.1, 0.15) is 11.1 Å². The number of hydrogen-bond donors (Lipinski definition) is 0. The van der Waals surface area contributed by atoms with E-state index in [2.05, 4.69) is 10.1 Å². The Morgan fingerprint density at radius 1 is 1.38 bits per heavy atom. The molecule has 0 aliphatic heterocycles. The van der Waals surface area contributed by atoms with Crippen molar-refractivity contribution in [3.05, 3.63) is 40.8 Å². The van der Waals surface area contributed by atoms with Crippen LogP contribution in [-0.2, 0) is 12.7 Å². The number of aromatic nitrogens is 3. The molecule has 9 heteroatoms. The van der Waals surface area contributed by atoms with Crippen LogP contribution in [0.5, 0.6) is 0 Å². The Balaban J connectivity index is 1.96. The second-order valence-electron chi connectivity index (χ2n) is 3.96. The fourth-order valence-corrected chi connectivity index (χ4v) is 2.59. The van der Waals surface area contributed by atoms with Crippen molar-refractivity contribution in [1.29, 1.82) is 5.26 Å². The lowest BCUT2D eigenvalue weighted by Gasteiger charge is -2.08. The normalized spacial score (nSPS) is 11.4. The molecule has 0 bridgehead atoms. The smallest absolute Gasteiger partial charge is 0.271 e. The van der Waals surface area contributed by atoms with Gasteiger partial charge in [0.25, 0.3) is 0 Å². The standard InChI is InChI=1S/C12H8ClF3N4S/c13-10-3-9(12(14,15)16)6-18-11(10)21-2-1-20-7-8(4-17)5-19-20/h3,5-7H,1-2H2. The van der Waals surface area contributed by atoms with Gasteiger partial charge in [0.05, 0.1) is 28.9 Å². The summed E-state index contributed by atoms with van der Waals surface area (Å²) in [5.41, 5.74) is -0.423. The fraction of sp³-hybridized carbons (Fsp3) is 0.250. The number of halogens is 4.